The highest BCUT2D eigenvalue weighted by molar-refractivity contribution is 5.16. The molecule has 1 aromatic rings. The summed E-state index contributed by atoms with van der Waals surface area (Å²) >= 11 is 0. The number of nitrogens with one attached hydrogen (secondary N) is 1. The van der Waals surface area contributed by atoms with Gasteiger partial charge in [-0.25, -0.2) is 0 Å². The fourth-order valence-electron chi connectivity index (χ4n) is 2.64. The van der Waals surface area contributed by atoms with Crippen molar-refractivity contribution < 1.29 is 4.42 Å². The molecular formula is C14H24N2O. The highest BCUT2D eigenvalue weighted by Gasteiger charge is 2.24. The van der Waals surface area contributed by atoms with Crippen molar-refractivity contribution in [3.8, 4) is 0 Å². The lowest BCUT2D eigenvalue weighted by Gasteiger charge is -2.36. The molecule has 2 unspecified atom stereocenters. The van der Waals surface area contributed by atoms with Crippen LogP contribution in [0.2, 0.25) is 0 Å². The summed E-state index contributed by atoms with van der Waals surface area (Å²) in [5, 5.41) is 3.19. The van der Waals surface area contributed by atoms with E-state index in [9.17, 15) is 0 Å². The lowest BCUT2D eigenvalue weighted by Crippen LogP contribution is -2.40. The highest BCUT2D eigenvalue weighted by Crippen LogP contribution is 2.24. The first-order valence-electron chi connectivity index (χ1n) is 6.64. The summed E-state index contributed by atoms with van der Waals surface area (Å²) < 4.78 is 5.62. The van der Waals surface area contributed by atoms with Crippen molar-refractivity contribution in [2.24, 2.45) is 5.92 Å². The molecule has 1 aliphatic heterocycles. The normalized spacial score (nSPS) is 26.3. The van der Waals surface area contributed by atoms with Crippen LogP contribution in [0.15, 0.2) is 16.7 Å². The third-order valence-electron chi connectivity index (χ3n) is 3.80. The number of rotatable bonds is 4. The van der Waals surface area contributed by atoms with Gasteiger partial charge in [0.15, 0.2) is 0 Å². The fraction of sp³-hybridized carbons (Fsp3) is 0.714. The van der Waals surface area contributed by atoms with E-state index in [1.807, 2.05) is 7.05 Å². The quantitative estimate of drug-likeness (QED) is 0.871. The van der Waals surface area contributed by atoms with Gasteiger partial charge in [-0.1, -0.05) is 6.92 Å². The third-order valence-corrected chi connectivity index (χ3v) is 3.80. The maximum absolute atomic E-state index is 5.62. The fourth-order valence-corrected chi connectivity index (χ4v) is 2.64. The Morgan fingerprint density at radius 1 is 1.41 bits per heavy atom. The Hall–Kier alpha value is -0.800. The molecule has 2 rings (SSSR count). The second kappa shape index (κ2) is 5.69. The van der Waals surface area contributed by atoms with Crippen molar-refractivity contribution in [1.82, 2.24) is 10.2 Å². The van der Waals surface area contributed by atoms with Crippen LogP contribution in [0.25, 0.3) is 0 Å². The molecule has 0 spiro atoms. The highest BCUT2D eigenvalue weighted by atomic mass is 16.3. The molecule has 1 saturated heterocycles. The molecule has 17 heavy (non-hydrogen) atoms. The first kappa shape index (κ1) is 12.7. The Morgan fingerprint density at radius 3 is 3.00 bits per heavy atom. The van der Waals surface area contributed by atoms with Crippen LogP contribution in [0.1, 0.15) is 38.0 Å². The molecule has 3 heteroatoms. The number of hydrogen-bond acceptors (Lipinski definition) is 3. The lowest BCUT2D eigenvalue weighted by molar-refractivity contribution is 0.108. The molecule has 0 bridgehead atoms. The molecule has 1 fully saturated rings. The Kier molecular flexibility index (Phi) is 4.24. The minimum Gasteiger partial charge on any atom is -0.468 e. The summed E-state index contributed by atoms with van der Waals surface area (Å²) in [4.78, 5) is 2.55. The zero-order valence-electron chi connectivity index (χ0n) is 11.2. The monoisotopic (exact) mass is 236 g/mol. The van der Waals surface area contributed by atoms with Crippen LogP contribution >= 0.6 is 0 Å². The molecule has 0 aliphatic carbocycles. The summed E-state index contributed by atoms with van der Waals surface area (Å²) in [7, 11) is 1.97. The number of hydrogen-bond donors (Lipinski definition) is 1. The molecule has 1 N–H and O–H groups in total. The average Bonchev–Trinajstić information content (AvgIpc) is 2.72. The molecular weight excluding hydrogens is 212 g/mol. The van der Waals surface area contributed by atoms with Crippen LogP contribution in [0.4, 0.5) is 0 Å². The Labute approximate surface area is 104 Å². The Balaban J connectivity index is 2.01. The van der Waals surface area contributed by atoms with Crippen molar-refractivity contribution in [1.29, 1.82) is 0 Å². The van der Waals surface area contributed by atoms with Crippen molar-refractivity contribution in [2.75, 3.05) is 13.6 Å². The summed E-state index contributed by atoms with van der Waals surface area (Å²) in [5.41, 5.74) is 1.29. The predicted octanol–water partition coefficient (Wildman–Crippen LogP) is 2.62. The molecule has 1 aromatic heterocycles. The largest absolute Gasteiger partial charge is 0.468 e. The van der Waals surface area contributed by atoms with Crippen molar-refractivity contribution in [3.05, 3.63) is 23.7 Å². The molecule has 0 saturated carbocycles. The Bertz CT molecular complexity index is 348. The lowest BCUT2D eigenvalue weighted by atomic mass is 9.95. The topological polar surface area (TPSA) is 28.4 Å². The van der Waals surface area contributed by atoms with Gasteiger partial charge < -0.3 is 9.73 Å². The molecule has 2 atom stereocenters. The average molecular weight is 236 g/mol. The number of piperidine rings is 1. The van der Waals surface area contributed by atoms with E-state index in [-0.39, 0.29) is 0 Å². The number of nitrogens with zero attached hydrogens (tertiary/aromatic N) is 1. The van der Waals surface area contributed by atoms with Gasteiger partial charge in [0, 0.05) is 24.7 Å². The minimum atomic E-state index is 0.679. The van der Waals surface area contributed by atoms with Gasteiger partial charge in [0.1, 0.15) is 5.76 Å². The van der Waals surface area contributed by atoms with Gasteiger partial charge in [0.05, 0.1) is 12.8 Å². The Morgan fingerprint density at radius 2 is 2.24 bits per heavy atom. The van der Waals surface area contributed by atoms with E-state index in [4.69, 9.17) is 4.42 Å². The van der Waals surface area contributed by atoms with E-state index < -0.39 is 0 Å². The maximum atomic E-state index is 5.62. The molecule has 0 amide bonds. The smallest absolute Gasteiger partial charge is 0.122 e. The summed E-state index contributed by atoms with van der Waals surface area (Å²) in [5.74, 6) is 1.94. The van der Waals surface area contributed by atoms with Gasteiger partial charge in [-0.3, -0.25) is 4.90 Å². The second-order valence-corrected chi connectivity index (χ2v) is 5.36. The van der Waals surface area contributed by atoms with E-state index in [0.717, 1.165) is 24.8 Å². The first-order chi connectivity index (χ1) is 8.20. The second-order valence-electron chi connectivity index (χ2n) is 5.36. The number of likely N-dealkylation sites (tertiary alicyclic amines) is 1. The molecule has 1 aliphatic rings. The molecule has 3 nitrogen and oxygen atoms in total. The van der Waals surface area contributed by atoms with E-state index >= 15 is 0 Å². The molecule has 0 aromatic carbocycles. The predicted molar refractivity (Wildman–Crippen MR) is 69.7 cm³/mol. The van der Waals surface area contributed by atoms with Crippen LogP contribution in [-0.4, -0.2) is 24.5 Å². The van der Waals surface area contributed by atoms with Gasteiger partial charge in [-0.2, -0.15) is 0 Å². The van der Waals surface area contributed by atoms with Crippen molar-refractivity contribution >= 4 is 0 Å². The van der Waals surface area contributed by atoms with Gasteiger partial charge in [0.2, 0.25) is 0 Å². The van der Waals surface area contributed by atoms with Crippen LogP contribution in [0, 0.1) is 5.92 Å². The number of furan rings is 1. The summed E-state index contributed by atoms with van der Waals surface area (Å²) in [6, 6.07) is 2.75. The molecule has 96 valence electrons. The van der Waals surface area contributed by atoms with Crippen LogP contribution in [0.3, 0.4) is 0 Å². The molecule has 2 heterocycles. The molecule has 0 radical (unpaired) electrons. The summed E-state index contributed by atoms with van der Waals surface area (Å²) in [6.07, 6.45) is 4.47. The zero-order chi connectivity index (χ0) is 12.3. The SMILES string of the molecule is CNCc1ccoc1CN1CC(C)CCC1C. The maximum Gasteiger partial charge on any atom is 0.122 e. The van der Waals surface area contributed by atoms with Crippen molar-refractivity contribution in [2.45, 2.75) is 45.8 Å². The van der Waals surface area contributed by atoms with Gasteiger partial charge in [-0.05, 0) is 38.8 Å². The van der Waals surface area contributed by atoms with E-state index in [1.165, 1.54) is 24.9 Å². The third kappa shape index (κ3) is 3.11. The van der Waals surface area contributed by atoms with Crippen LogP contribution in [0.5, 0.6) is 0 Å². The minimum absolute atomic E-state index is 0.679. The van der Waals surface area contributed by atoms with Gasteiger partial charge in [-0.15, -0.1) is 0 Å². The van der Waals surface area contributed by atoms with Crippen molar-refractivity contribution in [3.63, 3.8) is 0 Å². The first-order valence-corrected chi connectivity index (χ1v) is 6.64. The van der Waals surface area contributed by atoms with Crippen LogP contribution < -0.4 is 5.32 Å². The zero-order valence-corrected chi connectivity index (χ0v) is 11.2. The standard InChI is InChI=1S/C14H24N2O/c1-11-4-5-12(2)16(9-11)10-14-13(8-15-3)6-7-17-14/h6-7,11-12,15H,4-5,8-10H2,1-3H3. The van der Waals surface area contributed by atoms with Gasteiger partial charge >= 0.3 is 0 Å². The van der Waals surface area contributed by atoms with Gasteiger partial charge in [0.25, 0.3) is 0 Å². The van der Waals surface area contributed by atoms with Crippen LogP contribution in [-0.2, 0) is 13.1 Å². The summed E-state index contributed by atoms with van der Waals surface area (Å²) in [6.45, 7) is 7.71. The van der Waals surface area contributed by atoms with E-state index in [0.29, 0.717) is 6.04 Å². The van der Waals surface area contributed by atoms with E-state index in [2.05, 4.69) is 30.1 Å². The van der Waals surface area contributed by atoms with E-state index in [1.54, 1.807) is 6.26 Å².